The second-order valence-corrected chi connectivity index (χ2v) is 6.50. The van der Waals surface area contributed by atoms with Crippen molar-refractivity contribution >= 4 is 17.0 Å². The van der Waals surface area contributed by atoms with Crippen molar-refractivity contribution < 1.29 is 4.42 Å². The largest absolute Gasteiger partial charge is 0.422 e. The molecule has 0 bridgehead atoms. The van der Waals surface area contributed by atoms with Gasteiger partial charge in [-0.05, 0) is 18.1 Å². The molecule has 6 nitrogen and oxygen atoms in total. The molecule has 3 aromatic rings. The van der Waals surface area contributed by atoms with Crippen LogP contribution in [0.4, 0.5) is 5.82 Å². The van der Waals surface area contributed by atoms with Gasteiger partial charge in [-0.1, -0.05) is 31.2 Å². The minimum Gasteiger partial charge on any atom is -0.422 e. The van der Waals surface area contributed by atoms with Gasteiger partial charge in [0, 0.05) is 39.1 Å². The second kappa shape index (κ2) is 6.80. The second-order valence-electron chi connectivity index (χ2n) is 6.50. The summed E-state index contributed by atoms with van der Waals surface area (Å²) in [4.78, 5) is 18.0. The van der Waals surface area contributed by atoms with Crippen molar-refractivity contribution in [2.45, 2.75) is 26.8 Å². The zero-order chi connectivity index (χ0) is 17.2. The van der Waals surface area contributed by atoms with Crippen LogP contribution in [-0.4, -0.2) is 46.0 Å². The van der Waals surface area contributed by atoms with Gasteiger partial charge in [0.05, 0.1) is 0 Å². The molecule has 0 atom stereocenters. The number of rotatable bonds is 4. The highest BCUT2D eigenvalue weighted by atomic mass is 16.4. The molecule has 1 aliphatic rings. The van der Waals surface area contributed by atoms with Crippen LogP contribution in [0, 0.1) is 6.92 Å². The summed E-state index contributed by atoms with van der Waals surface area (Å²) >= 11 is 0. The van der Waals surface area contributed by atoms with E-state index in [4.69, 9.17) is 4.42 Å². The van der Waals surface area contributed by atoms with Gasteiger partial charge in [0.2, 0.25) is 0 Å². The lowest BCUT2D eigenvalue weighted by Crippen LogP contribution is -2.46. The van der Waals surface area contributed by atoms with Crippen LogP contribution in [0.1, 0.15) is 23.9 Å². The van der Waals surface area contributed by atoms with Crippen molar-refractivity contribution in [2.24, 2.45) is 0 Å². The van der Waals surface area contributed by atoms with Crippen molar-refractivity contribution in [2.75, 3.05) is 31.1 Å². The first kappa shape index (κ1) is 16.0. The Morgan fingerprint density at radius 3 is 2.64 bits per heavy atom. The molecule has 25 heavy (non-hydrogen) atoms. The van der Waals surface area contributed by atoms with E-state index in [0.29, 0.717) is 5.71 Å². The van der Waals surface area contributed by atoms with Gasteiger partial charge in [0.25, 0.3) is 5.71 Å². The van der Waals surface area contributed by atoms with Crippen LogP contribution in [0.15, 0.2) is 35.0 Å². The van der Waals surface area contributed by atoms with Crippen molar-refractivity contribution in [1.29, 1.82) is 0 Å². The van der Waals surface area contributed by atoms with Crippen LogP contribution in [0.3, 0.4) is 0 Å². The first-order valence-electron chi connectivity index (χ1n) is 8.87. The lowest BCUT2D eigenvalue weighted by Gasteiger charge is -2.35. The molecule has 0 N–H and O–H groups in total. The summed E-state index contributed by atoms with van der Waals surface area (Å²) in [6, 6.07) is 8.61. The molecular formula is C19H23N5O. The third kappa shape index (κ3) is 3.22. The maximum atomic E-state index is 5.66. The Bertz CT molecular complexity index is 867. The van der Waals surface area contributed by atoms with Crippen LogP contribution in [0.2, 0.25) is 0 Å². The van der Waals surface area contributed by atoms with E-state index in [-0.39, 0.29) is 0 Å². The van der Waals surface area contributed by atoms with E-state index in [1.807, 2.05) is 6.92 Å². The van der Waals surface area contributed by atoms with E-state index < -0.39 is 0 Å². The van der Waals surface area contributed by atoms with Crippen molar-refractivity contribution in [3.8, 4) is 0 Å². The van der Waals surface area contributed by atoms with Crippen LogP contribution in [0.25, 0.3) is 11.2 Å². The Morgan fingerprint density at radius 1 is 1.08 bits per heavy atom. The highest BCUT2D eigenvalue weighted by Crippen LogP contribution is 2.24. The van der Waals surface area contributed by atoms with Crippen LogP contribution in [0.5, 0.6) is 0 Å². The van der Waals surface area contributed by atoms with Gasteiger partial charge >= 0.3 is 0 Å². The number of fused-ring (bicyclic) bond motifs is 1. The number of nitrogens with zero attached hydrogens (tertiary/aromatic N) is 5. The predicted octanol–water partition coefficient (Wildman–Crippen LogP) is 2.81. The average molecular weight is 337 g/mol. The molecule has 0 spiro atoms. The molecule has 6 heteroatoms. The average Bonchev–Trinajstić information content (AvgIpc) is 3.08. The Morgan fingerprint density at radius 2 is 1.88 bits per heavy atom. The number of oxazole rings is 1. The van der Waals surface area contributed by atoms with E-state index in [1.165, 1.54) is 11.1 Å². The smallest absolute Gasteiger partial charge is 0.252 e. The molecule has 0 saturated carbocycles. The third-order valence-electron chi connectivity index (χ3n) is 4.85. The third-order valence-corrected chi connectivity index (χ3v) is 4.85. The number of anilines is 1. The van der Waals surface area contributed by atoms with Gasteiger partial charge < -0.3 is 9.32 Å². The maximum Gasteiger partial charge on any atom is 0.252 e. The lowest BCUT2D eigenvalue weighted by molar-refractivity contribution is 0.249. The number of aryl methyl sites for hydroxylation is 2. The summed E-state index contributed by atoms with van der Waals surface area (Å²) in [6.07, 6.45) is 2.34. The fourth-order valence-corrected chi connectivity index (χ4v) is 3.31. The quantitative estimate of drug-likeness (QED) is 0.730. The summed E-state index contributed by atoms with van der Waals surface area (Å²) < 4.78 is 5.66. The summed E-state index contributed by atoms with van der Waals surface area (Å²) in [6.45, 7) is 9.11. The molecule has 4 rings (SSSR count). The molecule has 1 aliphatic heterocycles. The fraction of sp³-hybridized carbons (Fsp3) is 0.421. The highest BCUT2D eigenvalue weighted by Gasteiger charge is 2.22. The van der Waals surface area contributed by atoms with E-state index in [0.717, 1.165) is 56.4 Å². The lowest BCUT2D eigenvalue weighted by atomic mass is 10.1. The monoisotopic (exact) mass is 337 g/mol. The Kier molecular flexibility index (Phi) is 4.36. The Labute approximate surface area is 147 Å². The minimum absolute atomic E-state index is 0.587. The van der Waals surface area contributed by atoms with Gasteiger partial charge in [-0.15, -0.1) is 0 Å². The van der Waals surface area contributed by atoms with E-state index in [1.54, 1.807) is 6.33 Å². The number of benzene rings is 1. The van der Waals surface area contributed by atoms with Gasteiger partial charge in [-0.2, -0.15) is 4.98 Å². The molecule has 130 valence electrons. The molecule has 1 fully saturated rings. The number of piperazine rings is 1. The molecule has 0 radical (unpaired) electrons. The maximum absolute atomic E-state index is 5.66. The van der Waals surface area contributed by atoms with Crippen LogP contribution < -0.4 is 4.90 Å². The Hall–Kier alpha value is -2.47. The zero-order valence-corrected chi connectivity index (χ0v) is 14.8. The van der Waals surface area contributed by atoms with E-state index in [9.17, 15) is 0 Å². The highest BCUT2D eigenvalue weighted by molar-refractivity contribution is 5.81. The number of hydrogen-bond donors (Lipinski definition) is 0. The summed E-state index contributed by atoms with van der Waals surface area (Å²) in [5, 5.41) is 0. The zero-order valence-electron chi connectivity index (χ0n) is 14.8. The normalized spacial score (nSPS) is 15.8. The van der Waals surface area contributed by atoms with Crippen molar-refractivity contribution in [3.63, 3.8) is 0 Å². The molecule has 0 amide bonds. The first-order valence-corrected chi connectivity index (χ1v) is 8.87. The SMILES string of the molecule is CCc1nc2c(N3CCN(Cc4ccccc4C)CC3)ncnc2o1. The molecule has 0 aliphatic carbocycles. The predicted molar refractivity (Wildman–Crippen MR) is 97.6 cm³/mol. The van der Waals surface area contributed by atoms with Gasteiger partial charge in [-0.3, -0.25) is 4.90 Å². The molecule has 2 aromatic heterocycles. The van der Waals surface area contributed by atoms with E-state index >= 15 is 0 Å². The first-order chi connectivity index (χ1) is 12.2. The van der Waals surface area contributed by atoms with Crippen molar-refractivity contribution in [3.05, 3.63) is 47.6 Å². The number of aromatic nitrogens is 3. The topological polar surface area (TPSA) is 58.3 Å². The standard InChI is InChI=1S/C19H23N5O/c1-3-16-22-17-18(20-13-21-19(17)25-16)24-10-8-23(9-11-24)12-15-7-5-4-6-14(15)2/h4-7,13H,3,8-12H2,1-2H3. The minimum atomic E-state index is 0.587. The summed E-state index contributed by atoms with van der Waals surface area (Å²) in [5.41, 5.74) is 4.14. The summed E-state index contributed by atoms with van der Waals surface area (Å²) in [5.74, 6) is 1.61. The van der Waals surface area contributed by atoms with E-state index in [2.05, 4.69) is 55.9 Å². The van der Waals surface area contributed by atoms with Crippen molar-refractivity contribution in [1.82, 2.24) is 19.9 Å². The van der Waals surface area contributed by atoms with Crippen LogP contribution in [-0.2, 0) is 13.0 Å². The molecular weight excluding hydrogens is 314 g/mol. The molecule has 0 unspecified atom stereocenters. The molecule has 1 aromatic carbocycles. The fourth-order valence-electron chi connectivity index (χ4n) is 3.31. The van der Waals surface area contributed by atoms with Gasteiger partial charge in [0.15, 0.2) is 17.2 Å². The molecule has 1 saturated heterocycles. The van der Waals surface area contributed by atoms with Gasteiger partial charge in [0.1, 0.15) is 6.33 Å². The van der Waals surface area contributed by atoms with Crippen LogP contribution >= 0.6 is 0 Å². The van der Waals surface area contributed by atoms with Gasteiger partial charge in [-0.25, -0.2) is 9.97 Å². The molecule has 3 heterocycles. The summed E-state index contributed by atoms with van der Waals surface area (Å²) in [7, 11) is 0. The number of hydrogen-bond acceptors (Lipinski definition) is 6. The Balaban J connectivity index is 1.47.